The van der Waals surface area contributed by atoms with Crippen molar-refractivity contribution in [3.8, 4) is 0 Å². The van der Waals surface area contributed by atoms with E-state index in [4.69, 9.17) is 0 Å². The number of hydrogen-bond donors (Lipinski definition) is 1. The van der Waals surface area contributed by atoms with Crippen LogP contribution < -0.4 is 0 Å². The summed E-state index contributed by atoms with van der Waals surface area (Å²) in [6, 6.07) is -0.0169. The van der Waals surface area contributed by atoms with Crippen molar-refractivity contribution in [3.63, 3.8) is 0 Å². The largest absolute Gasteiger partial charge is 0.481 e. The monoisotopic (exact) mass is 353 g/mol. The van der Waals surface area contributed by atoms with Crippen molar-refractivity contribution < 1.29 is 19.5 Å². The second-order valence-corrected chi connectivity index (χ2v) is 7.64. The number of amides is 3. The molecule has 0 aromatic carbocycles. The number of urea groups is 1. The minimum absolute atomic E-state index is 0.0169. The molecule has 2 fully saturated rings. The van der Waals surface area contributed by atoms with Gasteiger partial charge in [-0.2, -0.15) is 0 Å². The zero-order valence-corrected chi connectivity index (χ0v) is 15.7. The Kier molecular flexibility index (Phi) is 6.30. The molecule has 0 aliphatic carbocycles. The molecule has 7 heteroatoms. The molecule has 0 spiro atoms. The number of carbonyl (C=O) groups is 3. The first-order chi connectivity index (χ1) is 11.8. The van der Waals surface area contributed by atoms with E-state index >= 15 is 0 Å². The van der Waals surface area contributed by atoms with Crippen molar-refractivity contribution in [2.24, 2.45) is 11.3 Å². The van der Waals surface area contributed by atoms with Gasteiger partial charge in [-0.15, -0.1) is 0 Å². The molecule has 1 atom stereocenters. The van der Waals surface area contributed by atoms with Crippen LogP contribution in [0, 0.1) is 11.3 Å². The first-order valence-corrected chi connectivity index (χ1v) is 9.29. The second-order valence-electron chi connectivity index (χ2n) is 7.64. The van der Waals surface area contributed by atoms with Crippen molar-refractivity contribution in [2.75, 3.05) is 40.3 Å². The zero-order valence-electron chi connectivity index (χ0n) is 15.7. The van der Waals surface area contributed by atoms with E-state index in [1.54, 1.807) is 28.8 Å². The summed E-state index contributed by atoms with van der Waals surface area (Å²) in [5.41, 5.74) is -0.787. The Morgan fingerprint density at radius 2 is 1.76 bits per heavy atom. The van der Waals surface area contributed by atoms with Crippen molar-refractivity contribution in [2.45, 2.75) is 45.4 Å². The standard InChI is InChI=1S/C18H31N3O4/c1-4-8-18(16(23)24)9-5-10-21(13-18)15(22)14-6-11-20(12-7-14)17(25)19(2)3/h14H,4-13H2,1-3H3,(H,23,24)/t18-/m1/s1. The molecule has 2 rings (SSSR count). The topological polar surface area (TPSA) is 81.2 Å². The van der Waals surface area contributed by atoms with Crippen LogP contribution in [0.15, 0.2) is 0 Å². The van der Waals surface area contributed by atoms with Gasteiger partial charge in [0.05, 0.1) is 5.41 Å². The fraction of sp³-hybridized carbons (Fsp3) is 0.833. The fourth-order valence-corrected chi connectivity index (χ4v) is 4.14. The summed E-state index contributed by atoms with van der Waals surface area (Å²) < 4.78 is 0. The fourth-order valence-electron chi connectivity index (χ4n) is 4.14. The molecule has 25 heavy (non-hydrogen) atoms. The lowest BCUT2D eigenvalue weighted by molar-refractivity contribution is -0.156. The maximum atomic E-state index is 12.9. The summed E-state index contributed by atoms with van der Waals surface area (Å²) in [6.07, 6.45) is 4.12. The Morgan fingerprint density at radius 3 is 2.28 bits per heavy atom. The molecule has 7 nitrogen and oxygen atoms in total. The van der Waals surface area contributed by atoms with E-state index in [0.29, 0.717) is 51.9 Å². The Labute approximate surface area is 149 Å². The van der Waals surface area contributed by atoms with Crippen molar-refractivity contribution in [1.82, 2.24) is 14.7 Å². The Hall–Kier alpha value is -1.79. The highest BCUT2D eigenvalue weighted by molar-refractivity contribution is 5.82. The smallest absolute Gasteiger partial charge is 0.319 e. The number of carboxylic acids is 1. The molecule has 2 heterocycles. The van der Waals surface area contributed by atoms with Crippen LogP contribution in [0.5, 0.6) is 0 Å². The summed E-state index contributed by atoms with van der Waals surface area (Å²) in [7, 11) is 3.46. The van der Waals surface area contributed by atoms with Gasteiger partial charge in [0.15, 0.2) is 0 Å². The third kappa shape index (κ3) is 4.25. The van der Waals surface area contributed by atoms with E-state index in [1.807, 2.05) is 6.92 Å². The number of rotatable bonds is 4. The highest BCUT2D eigenvalue weighted by Crippen LogP contribution is 2.36. The number of piperidine rings is 2. The molecule has 0 radical (unpaired) electrons. The molecule has 142 valence electrons. The van der Waals surface area contributed by atoms with Gasteiger partial charge in [-0.25, -0.2) is 4.79 Å². The van der Waals surface area contributed by atoms with Crippen molar-refractivity contribution in [1.29, 1.82) is 0 Å². The van der Waals surface area contributed by atoms with Gasteiger partial charge in [0.2, 0.25) is 5.91 Å². The first-order valence-electron chi connectivity index (χ1n) is 9.29. The van der Waals surface area contributed by atoms with Crippen LogP contribution >= 0.6 is 0 Å². The van der Waals surface area contributed by atoms with Gasteiger partial charge in [-0.3, -0.25) is 9.59 Å². The molecule has 1 N–H and O–H groups in total. The van der Waals surface area contributed by atoms with E-state index in [9.17, 15) is 19.5 Å². The molecule has 2 aliphatic rings. The maximum absolute atomic E-state index is 12.9. The Balaban J connectivity index is 1.97. The SMILES string of the molecule is CCC[C@@]1(C(=O)O)CCCN(C(=O)C2CCN(C(=O)N(C)C)CC2)C1. The van der Waals surface area contributed by atoms with Gasteiger partial charge >= 0.3 is 12.0 Å². The summed E-state index contributed by atoms with van der Waals surface area (Å²) in [5, 5.41) is 9.69. The average Bonchev–Trinajstić information content (AvgIpc) is 2.61. The van der Waals surface area contributed by atoms with E-state index in [2.05, 4.69) is 0 Å². The van der Waals surface area contributed by atoms with Crippen LogP contribution in [-0.2, 0) is 9.59 Å². The first kappa shape index (κ1) is 19.5. The highest BCUT2D eigenvalue weighted by Gasteiger charge is 2.44. The molecule has 2 aliphatic heterocycles. The van der Waals surface area contributed by atoms with Gasteiger partial charge in [0.25, 0.3) is 0 Å². The maximum Gasteiger partial charge on any atom is 0.319 e. The van der Waals surface area contributed by atoms with Gasteiger partial charge in [0.1, 0.15) is 0 Å². The van der Waals surface area contributed by atoms with Gasteiger partial charge in [-0.05, 0) is 32.1 Å². The summed E-state index contributed by atoms with van der Waals surface area (Å²) >= 11 is 0. The zero-order chi connectivity index (χ0) is 18.6. The predicted octanol–water partition coefficient (Wildman–Crippen LogP) is 1.87. The number of aliphatic carboxylic acids is 1. The molecule has 3 amide bonds. The lowest BCUT2D eigenvalue weighted by atomic mass is 9.76. The summed E-state index contributed by atoms with van der Waals surface area (Å²) in [6.45, 7) is 4.13. The quantitative estimate of drug-likeness (QED) is 0.837. The minimum Gasteiger partial charge on any atom is -0.481 e. The number of carbonyl (C=O) groups excluding carboxylic acids is 2. The van der Waals surface area contributed by atoms with Crippen LogP contribution in [-0.4, -0.2) is 78.0 Å². The van der Waals surface area contributed by atoms with Gasteiger partial charge in [-0.1, -0.05) is 13.3 Å². The molecule has 0 aromatic rings. The van der Waals surface area contributed by atoms with Crippen LogP contribution in [0.2, 0.25) is 0 Å². The van der Waals surface area contributed by atoms with Gasteiger partial charge in [0, 0.05) is 46.2 Å². The minimum atomic E-state index is -0.787. The molecule has 0 aromatic heterocycles. The average molecular weight is 353 g/mol. The van der Waals surface area contributed by atoms with Crippen LogP contribution in [0.25, 0.3) is 0 Å². The lowest BCUT2D eigenvalue weighted by Gasteiger charge is -2.42. The second kappa shape index (κ2) is 8.06. The number of carboxylic acid groups (broad SMARTS) is 1. The van der Waals surface area contributed by atoms with E-state index in [0.717, 1.165) is 12.8 Å². The molecule has 0 bridgehead atoms. The molecule has 0 unspecified atom stereocenters. The Bertz CT molecular complexity index is 510. The normalized spacial score (nSPS) is 24.9. The van der Waals surface area contributed by atoms with Crippen molar-refractivity contribution >= 4 is 17.9 Å². The predicted molar refractivity (Wildman–Crippen MR) is 94.2 cm³/mol. The number of nitrogens with zero attached hydrogens (tertiary/aromatic N) is 3. The van der Waals surface area contributed by atoms with E-state index in [-0.39, 0.29) is 17.9 Å². The van der Waals surface area contributed by atoms with Crippen LogP contribution in [0.1, 0.15) is 45.4 Å². The van der Waals surface area contributed by atoms with Crippen LogP contribution in [0.3, 0.4) is 0 Å². The number of likely N-dealkylation sites (tertiary alicyclic amines) is 2. The van der Waals surface area contributed by atoms with E-state index in [1.165, 1.54) is 0 Å². The molecule has 0 saturated carbocycles. The summed E-state index contributed by atoms with van der Waals surface area (Å²) in [4.78, 5) is 41.8. The molecular weight excluding hydrogens is 322 g/mol. The highest BCUT2D eigenvalue weighted by atomic mass is 16.4. The lowest BCUT2D eigenvalue weighted by Crippen LogP contribution is -2.53. The third-order valence-corrected chi connectivity index (χ3v) is 5.57. The van der Waals surface area contributed by atoms with Crippen molar-refractivity contribution in [3.05, 3.63) is 0 Å². The Morgan fingerprint density at radius 1 is 1.12 bits per heavy atom. The summed E-state index contributed by atoms with van der Waals surface area (Å²) in [5.74, 6) is -0.811. The third-order valence-electron chi connectivity index (χ3n) is 5.57. The molecular formula is C18H31N3O4. The van der Waals surface area contributed by atoms with Crippen LogP contribution in [0.4, 0.5) is 4.79 Å². The number of hydrogen-bond acceptors (Lipinski definition) is 3. The van der Waals surface area contributed by atoms with Gasteiger partial charge < -0.3 is 19.8 Å². The molecule has 2 saturated heterocycles. The van der Waals surface area contributed by atoms with E-state index < -0.39 is 11.4 Å².